The number of halogens is 2. The van der Waals surface area contributed by atoms with Crippen LogP contribution in [0, 0.1) is 11.6 Å². The van der Waals surface area contributed by atoms with Gasteiger partial charge in [0.25, 0.3) is 0 Å². The van der Waals surface area contributed by atoms with Gasteiger partial charge in [-0.15, -0.1) is 0 Å². The Morgan fingerprint density at radius 3 is 2.29 bits per heavy atom. The maximum atomic E-state index is 13.5. The largest absolute Gasteiger partial charge is 0.497 e. The summed E-state index contributed by atoms with van der Waals surface area (Å²) in [4.78, 5) is 11.0. The van der Waals surface area contributed by atoms with Gasteiger partial charge in [-0.3, -0.25) is 4.79 Å². The Bertz CT molecular complexity index is 400. The molecule has 0 radical (unpaired) electrons. The summed E-state index contributed by atoms with van der Waals surface area (Å²) in [6.07, 6.45) is -0.270. The molecular formula is C11H13F2NO3. The zero-order valence-corrected chi connectivity index (χ0v) is 9.50. The predicted molar refractivity (Wildman–Crippen MR) is 56.6 cm³/mol. The first kappa shape index (κ1) is 13.4. The molecule has 1 rings (SSSR count). The minimum Gasteiger partial charge on any atom is -0.497 e. The normalized spacial score (nSPS) is 12.1. The molecule has 1 atom stereocenters. The van der Waals surface area contributed by atoms with Gasteiger partial charge in [0.1, 0.15) is 23.4 Å². The highest BCUT2D eigenvalue weighted by Crippen LogP contribution is 2.21. The van der Waals surface area contributed by atoms with E-state index < -0.39 is 23.6 Å². The van der Waals surface area contributed by atoms with Crippen LogP contribution in [-0.4, -0.2) is 26.2 Å². The molecule has 0 aliphatic carbocycles. The fraction of sp³-hybridized carbons (Fsp3) is 0.364. The number of methoxy groups -OCH3 is 2. The lowest BCUT2D eigenvalue weighted by Crippen LogP contribution is -2.34. The van der Waals surface area contributed by atoms with Crippen LogP contribution in [0.5, 0.6) is 5.75 Å². The van der Waals surface area contributed by atoms with E-state index in [9.17, 15) is 13.6 Å². The average Bonchev–Trinajstić information content (AvgIpc) is 2.31. The number of hydrogen-bond donors (Lipinski definition) is 1. The topological polar surface area (TPSA) is 61.5 Å². The monoisotopic (exact) mass is 245 g/mol. The molecule has 0 saturated heterocycles. The molecule has 0 bridgehead atoms. The predicted octanol–water partition coefficient (Wildman–Crippen LogP) is 1.02. The van der Waals surface area contributed by atoms with E-state index in [0.717, 1.165) is 19.2 Å². The van der Waals surface area contributed by atoms with Crippen molar-refractivity contribution in [3.8, 4) is 5.75 Å². The van der Waals surface area contributed by atoms with E-state index in [1.165, 1.54) is 7.11 Å². The van der Waals surface area contributed by atoms with Crippen LogP contribution in [0.1, 0.15) is 5.56 Å². The van der Waals surface area contributed by atoms with Gasteiger partial charge >= 0.3 is 5.97 Å². The van der Waals surface area contributed by atoms with Gasteiger partial charge in [-0.25, -0.2) is 8.78 Å². The van der Waals surface area contributed by atoms with E-state index in [-0.39, 0.29) is 17.7 Å². The van der Waals surface area contributed by atoms with Crippen molar-refractivity contribution < 1.29 is 23.0 Å². The smallest absolute Gasteiger partial charge is 0.322 e. The number of hydrogen-bond acceptors (Lipinski definition) is 4. The molecule has 0 spiro atoms. The van der Waals surface area contributed by atoms with Crippen molar-refractivity contribution in [2.75, 3.05) is 14.2 Å². The van der Waals surface area contributed by atoms with Gasteiger partial charge in [0, 0.05) is 24.1 Å². The lowest BCUT2D eigenvalue weighted by Gasteiger charge is -2.11. The zero-order valence-electron chi connectivity index (χ0n) is 9.50. The minimum atomic E-state index is -1.10. The molecule has 1 aromatic rings. The van der Waals surface area contributed by atoms with E-state index in [2.05, 4.69) is 4.74 Å². The number of esters is 1. The molecule has 17 heavy (non-hydrogen) atoms. The number of nitrogens with two attached hydrogens (primary N) is 1. The van der Waals surface area contributed by atoms with Crippen molar-refractivity contribution in [1.82, 2.24) is 0 Å². The Hall–Kier alpha value is -1.69. The Morgan fingerprint density at radius 2 is 1.88 bits per heavy atom. The fourth-order valence-corrected chi connectivity index (χ4v) is 1.35. The van der Waals surface area contributed by atoms with E-state index >= 15 is 0 Å². The molecule has 4 nitrogen and oxygen atoms in total. The summed E-state index contributed by atoms with van der Waals surface area (Å²) >= 11 is 0. The minimum absolute atomic E-state index is 0.0652. The fourth-order valence-electron chi connectivity index (χ4n) is 1.35. The van der Waals surface area contributed by atoms with Crippen molar-refractivity contribution in [2.45, 2.75) is 12.5 Å². The van der Waals surface area contributed by atoms with Crippen molar-refractivity contribution >= 4 is 5.97 Å². The van der Waals surface area contributed by atoms with Gasteiger partial charge < -0.3 is 15.2 Å². The summed E-state index contributed by atoms with van der Waals surface area (Å²) in [6.45, 7) is 0. The first-order valence-electron chi connectivity index (χ1n) is 4.85. The summed E-state index contributed by atoms with van der Waals surface area (Å²) in [5.74, 6) is -2.27. The molecule has 2 N–H and O–H groups in total. The molecule has 0 unspecified atom stereocenters. The number of carbonyl (C=O) groups excluding carboxylic acids is 1. The summed E-state index contributed by atoms with van der Waals surface area (Å²) in [6, 6.07) is 0.961. The zero-order chi connectivity index (χ0) is 13.0. The van der Waals surface area contributed by atoms with Crippen LogP contribution in [-0.2, 0) is 16.0 Å². The lowest BCUT2D eigenvalue weighted by atomic mass is 10.1. The highest BCUT2D eigenvalue weighted by atomic mass is 19.1. The molecule has 1 aromatic carbocycles. The summed E-state index contributed by atoms with van der Waals surface area (Å²) < 4.78 is 36.1. The maximum Gasteiger partial charge on any atom is 0.322 e. The molecule has 0 saturated carbocycles. The van der Waals surface area contributed by atoms with Crippen LogP contribution in [0.25, 0.3) is 0 Å². The van der Waals surface area contributed by atoms with Gasteiger partial charge in [0.2, 0.25) is 0 Å². The van der Waals surface area contributed by atoms with Crippen molar-refractivity contribution in [1.29, 1.82) is 0 Å². The lowest BCUT2D eigenvalue weighted by molar-refractivity contribution is -0.142. The number of carbonyl (C=O) groups is 1. The van der Waals surface area contributed by atoms with Gasteiger partial charge in [0.15, 0.2) is 0 Å². The summed E-state index contributed by atoms with van der Waals surface area (Å²) in [7, 11) is 2.46. The third kappa shape index (κ3) is 3.13. The van der Waals surface area contributed by atoms with Crippen molar-refractivity contribution in [3.63, 3.8) is 0 Å². The summed E-state index contributed by atoms with van der Waals surface area (Å²) in [5.41, 5.74) is 5.17. The second kappa shape index (κ2) is 5.58. The van der Waals surface area contributed by atoms with Gasteiger partial charge in [-0.2, -0.15) is 0 Å². The van der Waals surface area contributed by atoms with Crippen LogP contribution in [0.4, 0.5) is 8.78 Å². The van der Waals surface area contributed by atoms with Crippen LogP contribution in [0.3, 0.4) is 0 Å². The molecular weight excluding hydrogens is 232 g/mol. The van der Waals surface area contributed by atoms with Gasteiger partial charge in [0.05, 0.1) is 14.2 Å². The number of ether oxygens (including phenoxy) is 2. The third-order valence-corrected chi connectivity index (χ3v) is 2.28. The second-order valence-corrected chi connectivity index (χ2v) is 3.40. The molecule has 0 aliphatic heterocycles. The summed E-state index contributed by atoms with van der Waals surface area (Å²) in [5, 5.41) is 0. The van der Waals surface area contributed by atoms with Gasteiger partial charge in [-0.05, 0) is 0 Å². The first-order valence-corrected chi connectivity index (χ1v) is 4.85. The third-order valence-electron chi connectivity index (χ3n) is 2.28. The molecule has 0 aromatic heterocycles. The Labute approximate surface area is 97.3 Å². The van der Waals surface area contributed by atoms with E-state index in [4.69, 9.17) is 10.5 Å². The maximum absolute atomic E-state index is 13.5. The van der Waals surface area contributed by atoms with Gasteiger partial charge in [-0.1, -0.05) is 0 Å². The molecule has 0 fully saturated rings. The number of benzene rings is 1. The highest BCUT2D eigenvalue weighted by molar-refractivity contribution is 5.75. The first-order chi connectivity index (χ1) is 7.99. The SMILES string of the molecule is COC(=O)[C@@H](N)Cc1c(F)cc(OC)cc1F. The van der Waals surface area contributed by atoms with E-state index in [1.807, 2.05) is 0 Å². The molecule has 0 aliphatic rings. The molecule has 94 valence electrons. The van der Waals surface area contributed by atoms with Crippen LogP contribution in [0.2, 0.25) is 0 Å². The molecule has 6 heteroatoms. The van der Waals surface area contributed by atoms with Crippen LogP contribution in [0.15, 0.2) is 12.1 Å². The Morgan fingerprint density at radius 1 is 1.35 bits per heavy atom. The van der Waals surface area contributed by atoms with E-state index in [0.29, 0.717) is 0 Å². The quantitative estimate of drug-likeness (QED) is 0.804. The average molecular weight is 245 g/mol. The Kier molecular flexibility index (Phi) is 4.39. The highest BCUT2D eigenvalue weighted by Gasteiger charge is 2.20. The molecule has 0 heterocycles. The van der Waals surface area contributed by atoms with E-state index in [1.54, 1.807) is 0 Å². The van der Waals surface area contributed by atoms with Crippen LogP contribution >= 0.6 is 0 Å². The molecule has 0 amide bonds. The Balaban J connectivity index is 2.95. The van der Waals surface area contributed by atoms with Crippen molar-refractivity contribution in [3.05, 3.63) is 29.3 Å². The number of rotatable bonds is 4. The standard InChI is InChI=1S/C11H13F2NO3/c1-16-6-3-8(12)7(9(13)4-6)5-10(14)11(15)17-2/h3-4,10H,5,14H2,1-2H3/t10-/m0/s1. The van der Waals surface area contributed by atoms with Crippen LogP contribution < -0.4 is 10.5 Å². The second-order valence-electron chi connectivity index (χ2n) is 3.40. The van der Waals surface area contributed by atoms with Crippen molar-refractivity contribution in [2.24, 2.45) is 5.73 Å².